The van der Waals surface area contributed by atoms with E-state index in [9.17, 15) is 9.59 Å². The van der Waals surface area contributed by atoms with Crippen LogP contribution in [-0.4, -0.2) is 32.0 Å². The lowest BCUT2D eigenvalue weighted by Crippen LogP contribution is -2.22. The second-order valence-corrected chi connectivity index (χ2v) is 4.23. The molecule has 0 atom stereocenters. The number of nitrogens with two attached hydrogens (primary N) is 1. The van der Waals surface area contributed by atoms with Crippen molar-refractivity contribution in [2.24, 2.45) is 5.73 Å². The number of aromatic carboxylic acids is 1. The number of hydrogen-bond donors (Lipinski definition) is 2. The normalized spacial score (nSPS) is 16.2. The summed E-state index contributed by atoms with van der Waals surface area (Å²) in [4.78, 5) is 21.9. The first-order valence-electron chi connectivity index (χ1n) is 5.54. The summed E-state index contributed by atoms with van der Waals surface area (Å²) in [5.74, 6) is -1.54. The lowest BCUT2D eigenvalue weighted by Gasteiger charge is -2.11. The fourth-order valence-corrected chi connectivity index (χ4v) is 2.34. The Morgan fingerprint density at radius 3 is 2.59 bits per heavy atom. The third kappa shape index (κ3) is 2.27. The molecule has 1 saturated carbocycles. The summed E-state index contributed by atoms with van der Waals surface area (Å²) in [5, 5.41) is 16.4. The summed E-state index contributed by atoms with van der Waals surface area (Å²) < 4.78 is 1.32. The van der Waals surface area contributed by atoms with Crippen LogP contribution >= 0.6 is 0 Å². The van der Waals surface area contributed by atoms with Crippen molar-refractivity contribution in [3.63, 3.8) is 0 Å². The van der Waals surface area contributed by atoms with Gasteiger partial charge in [-0.25, -0.2) is 9.48 Å². The number of hydrogen-bond acceptors (Lipinski definition) is 4. The van der Waals surface area contributed by atoms with Crippen LogP contribution in [0.15, 0.2) is 0 Å². The van der Waals surface area contributed by atoms with E-state index < -0.39 is 11.9 Å². The maximum atomic E-state index is 11.0. The van der Waals surface area contributed by atoms with Gasteiger partial charge in [0, 0.05) is 5.92 Å². The molecule has 0 unspecified atom stereocenters. The van der Waals surface area contributed by atoms with Crippen molar-refractivity contribution in [1.82, 2.24) is 15.0 Å². The smallest absolute Gasteiger partial charge is 0.358 e. The molecular weight excluding hydrogens is 224 g/mol. The van der Waals surface area contributed by atoms with E-state index in [-0.39, 0.29) is 18.2 Å². The Labute approximate surface area is 97.6 Å². The van der Waals surface area contributed by atoms with Gasteiger partial charge in [-0.1, -0.05) is 18.1 Å². The minimum absolute atomic E-state index is 0.0573. The van der Waals surface area contributed by atoms with E-state index in [1.165, 1.54) is 4.68 Å². The molecule has 17 heavy (non-hydrogen) atoms. The maximum absolute atomic E-state index is 11.0. The Balaban J connectivity index is 2.38. The van der Waals surface area contributed by atoms with Gasteiger partial charge in [0.05, 0.1) is 5.69 Å². The average Bonchev–Trinajstić information content (AvgIpc) is 2.83. The van der Waals surface area contributed by atoms with E-state index in [0.717, 1.165) is 25.7 Å². The molecule has 7 heteroatoms. The number of nitrogens with zero attached hydrogens (tertiary/aromatic N) is 3. The maximum Gasteiger partial charge on any atom is 0.358 e. The molecule has 7 nitrogen and oxygen atoms in total. The van der Waals surface area contributed by atoms with Gasteiger partial charge in [-0.3, -0.25) is 4.79 Å². The number of primary amides is 1. The Kier molecular flexibility index (Phi) is 3.08. The van der Waals surface area contributed by atoms with Crippen molar-refractivity contribution < 1.29 is 14.7 Å². The molecule has 0 spiro atoms. The summed E-state index contributed by atoms with van der Waals surface area (Å²) in [6, 6.07) is 0. The molecule has 1 amide bonds. The molecule has 0 aliphatic heterocycles. The molecule has 0 radical (unpaired) electrons. The van der Waals surface area contributed by atoms with E-state index in [2.05, 4.69) is 10.3 Å². The van der Waals surface area contributed by atoms with Crippen molar-refractivity contribution in [2.75, 3.05) is 0 Å². The highest BCUT2D eigenvalue weighted by atomic mass is 16.4. The molecule has 1 aromatic heterocycles. The van der Waals surface area contributed by atoms with Crippen molar-refractivity contribution in [3.05, 3.63) is 11.4 Å². The molecule has 1 aliphatic carbocycles. The number of amides is 1. The van der Waals surface area contributed by atoms with Gasteiger partial charge >= 0.3 is 5.97 Å². The summed E-state index contributed by atoms with van der Waals surface area (Å²) in [5.41, 5.74) is 5.58. The molecule has 0 bridgehead atoms. The number of carboxylic acids is 1. The summed E-state index contributed by atoms with van der Waals surface area (Å²) in [7, 11) is 0. The minimum atomic E-state index is -1.11. The monoisotopic (exact) mass is 238 g/mol. The quantitative estimate of drug-likeness (QED) is 0.773. The molecular formula is C10H14N4O3. The summed E-state index contributed by atoms with van der Waals surface area (Å²) >= 11 is 0. The van der Waals surface area contributed by atoms with Crippen LogP contribution < -0.4 is 5.73 Å². The van der Waals surface area contributed by atoms with Gasteiger partial charge in [0.25, 0.3) is 0 Å². The summed E-state index contributed by atoms with van der Waals surface area (Å²) in [6.07, 6.45) is 3.94. The number of carbonyl (C=O) groups excluding carboxylic acids is 1. The fourth-order valence-electron chi connectivity index (χ4n) is 2.34. The van der Waals surface area contributed by atoms with Crippen molar-refractivity contribution >= 4 is 11.9 Å². The predicted molar refractivity (Wildman–Crippen MR) is 57.4 cm³/mol. The van der Waals surface area contributed by atoms with Gasteiger partial charge < -0.3 is 10.8 Å². The molecule has 1 fully saturated rings. The van der Waals surface area contributed by atoms with Gasteiger partial charge in [0.15, 0.2) is 5.69 Å². The van der Waals surface area contributed by atoms with Gasteiger partial charge in [0.1, 0.15) is 6.54 Å². The fraction of sp³-hybridized carbons (Fsp3) is 0.600. The third-order valence-electron chi connectivity index (χ3n) is 3.02. The Morgan fingerprint density at radius 2 is 2.06 bits per heavy atom. The minimum Gasteiger partial charge on any atom is -0.476 e. The first-order valence-corrected chi connectivity index (χ1v) is 5.54. The number of carbonyl (C=O) groups is 2. The van der Waals surface area contributed by atoms with E-state index >= 15 is 0 Å². The number of rotatable bonds is 4. The second kappa shape index (κ2) is 4.52. The molecule has 0 aromatic carbocycles. The van der Waals surface area contributed by atoms with Gasteiger partial charge in [-0.15, -0.1) is 5.10 Å². The zero-order chi connectivity index (χ0) is 12.4. The standard InChI is InChI=1S/C10H14N4O3/c11-7(15)5-14-9(6-3-1-2-4-6)8(10(16)17)12-13-14/h6H,1-5H2,(H2,11,15)(H,16,17). The zero-order valence-electron chi connectivity index (χ0n) is 9.30. The molecule has 1 aliphatic rings. The van der Waals surface area contributed by atoms with E-state index in [1.807, 2.05) is 0 Å². The number of aromatic nitrogens is 3. The Bertz CT molecular complexity index is 448. The van der Waals surface area contributed by atoms with Crippen LogP contribution in [0.5, 0.6) is 0 Å². The highest BCUT2D eigenvalue weighted by Crippen LogP contribution is 2.35. The Hall–Kier alpha value is -1.92. The topological polar surface area (TPSA) is 111 Å². The largest absolute Gasteiger partial charge is 0.476 e. The lowest BCUT2D eigenvalue weighted by molar-refractivity contribution is -0.118. The van der Waals surface area contributed by atoms with Crippen LogP contribution in [0.2, 0.25) is 0 Å². The molecule has 0 saturated heterocycles. The van der Waals surface area contributed by atoms with Crippen LogP contribution in [0.3, 0.4) is 0 Å². The van der Waals surface area contributed by atoms with Crippen LogP contribution in [0, 0.1) is 0 Å². The van der Waals surface area contributed by atoms with Crippen LogP contribution in [-0.2, 0) is 11.3 Å². The molecule has 92 valence electrons. The van der Waals surface area contributed by atoms with Crippen molar-refractivity contribution in [2.45, 2.75) is 38.1 Å². The first kappa shape index (κ1) is 11.6. The van der Waals surface area contributed by atoms with Gasteiger partial charge in [-0.05, 0) is 12.8 Å². The molecule has 1 heterocycles. The van der Waals surface area contributed by atoms with Crippen LogP contribution in [0.25, 0.3) is 0 Å². The van der Waals surface area contributed by atoms with E-state index in [0.29, 0.717) is 5.69 Å². The molecule has 1 aromatic rings. The Morgan fingerprint density at radius 1 is 1.41 bits per heavy atom. The van der Waals surface area contributed by atoms with E-state index in [4.69, 9.17) is 10.8 Å². The number of carboxylic acid groups (broad SMARTS) is 1. The molecule has 2 rings (SSSR count). The summed E-state index contributed by atoms with van der Waals surface area (Å²) in [6.45, 7) is -0.119. The molecule has 3 N–H and O–H groups in total. The van der Waals surface area contributed by atoms with Crippen LogP contribution in [0.4, 0.5) is 0 Å². The van der Waals surface area contributed by atoms with Crippen LogP contribution in [0.1, 0.15) is 47.8 Å². The van der Waals surface area contributed by atoms with Gasteiger partial charge in [0.2, 0.25) is 5.91 Å². The van der Waals surface area contributed by atoms with Crippen molar-refractivity contribution in [3.8, 4) is 0 Å². The SMILES string of the molecule is NC(=O)Cn1nnc(C(=O)O)c1C1CCCC1. The first-order chi connectivity index (χ1) is 8.09. The lowest BCUT2D eigenvalue weighted by atomic mass is 10.0. The zero-order valence-corrected chi connectivity index (χ0v) is 9.30. The highest BCUT2D eigenvalue weighted by Gasteiger charge is 2.28. The van der Waals surface area contributed by atoms with Gasteiger partial charge in [-0.2, -0.15) is 0 Å². The highest BCUT2D eigenvalue weighted by molar-refractivity contribution is 5.86. The predicted octanol–water partition coefficient (Wildman–Crippen LogP) is 0.119. The van der Waals surface area contributed by atoms with Crippen molar-refractivity contribution in [1.29, 1.82) is 0 Å². The second-order valence-electron chi connectivity index (χ2n) is 4.23. The average molecular weight is 238 g/mol. The van der Waals surface area contributed by atoms with E-state index in [1.54, 1.807) is 0 Å². The third-order valence-corrected chi connectivity index (χ3v) is 3.02.